The van der Waals surface area contributed by atoms with E-state index in [1.165, 1.54) is 25.7 Å². The summed E-state index contributed by atoms with van der Waals surface area (Å²) in [6.07, 6.45) is 13.1. The highest BCUT2D eigenvalue weighted by Gasteiger charge is 2.46. The summed E-state index contributed by atoms with van der Waals surface area (Å²) < 4.78 is 3.80. The molecule has 0 radical (unpaired) electrons. The molecule has 2 aliphatic heterocycles. The van der Waals surface area contributed by atoms with Crippen molar-refractivity contribution in [3.8, 4) is 11.1 Å². The number of nitrogens with zero attached hydrogens (tertiary/aromatic N) is 7. The molecule has 2 bridgehead atoms. The second kappa shape index (κ2) is 6.04. The summed E-state index contributed by atoms with van der Waals surface area (Å²) in [6.45, 7) is 4.56. The molecule has 6 rings (SSSR count). The Morgan fingerprint density at radius 1 is 0.964 bits per heavy atom. The van der Waals surface area contributed by atoms with E-state index in [1.807, 2.05) is 28.6 Å². The van der Waals surface area contributed by atoms with E-state index in [9.17, 15) is 0 Å². The van der Waals surface area contributed by atoms with Gasteiger partial charge in [0.25, 0.3) is 0 Å². The fourth-order valence-corrected chi connectivity index (χ4v) is 5.70. The van der Waals surface area contributed by atoms with E-state index >= 15 is 0 Å². The molecule has 28 heavy (non-hydrogen) atoms. The summed E-state index contributed by atoms with van der Waals surface area (Å²) >= 11 is 0. The van der Waals surface area contributed by atoms with Crippen molar-refractivity contribution < 1.29 is 0 Å². The number of fused-ring (bicyclic) bond motifs is 3. The Labute approximate surface area is 165 Å². The van der Waals surface area contributed by atoms with E-state index in [2.05, 4.69) is 39.2 Å². The van der Waals surface area contributed by atoms with Gasteiger partial charge < -0.3 is 4.90 Å². The molecule has 3 fully saturated rings. The zero-order valence-electron chi connectivity index (χ0n) is 16.6. The maximum absolute atomic E-state index is 4.71. The average molecular weight is 377 g/mol. The minimum Gasteiger partial charge on any atom is -0.352 e. The van der Waals surface area contributed by atoms with Crippen LogP contribution in [0.15, 0.2) is 31.0 Å². The first-order chi connectivity index (χ1) is 13.7. The minimum atomic E-state index is 0.680. The second-order valence-corrected chi connectivity index (χ2v) is 9.01. The molecule has 0 amide bonds. The molecule has 5 heterocycles. The Bertz CT molecular complexity index is 1000. The lowest BCUT2D eigenvalue weighted by Crippen LogP contribution is -2.60. The summed E-state index contributed by atoms with van der Waals surface area (Å²) in [5.74, 6) is 1.99. The van der Waals surface area contributed by atoms with Gasteiger partial charge in [0.05, 0.1) is 6.20 Å². The third-order valence-electron chi connectivity index (χ3n) is 7.03. The highest BCUT2D eigenvalue weighted by Crippen LogP contribution is 2.41. The predicted octanol–water partition coefficient (Wildman–Crippen LogP) is 2.58. The fourth-order valence-electron chi connectivity index (χ4n) is 5.70. The van der Waals surface area contributed by atoms with Crippen molar-refractivity contribution in [1.29, 1.82) is 0 Å². The Morgan fingerprint density at radius 3 is 2.43 bits per heavy atom. The van der Waals surface area contributed by atoms with Gasteiger partial charge in [-0.2, -0.15) is 10.2 Å². The number of hydrogen-bond donors (Lipinski definition) is 0. The third-order valence-corrected chi connectivity index (χ3v) is 7.03. The van der Waals surface area contributed by atoms with E-state index in [1.54, 1.807) is 6.33 Å². The van der Waals surface area contributed by atoms with Gasteiger partial charge in [-0.15, -0.1) is 0 Å². The van der Waals surface area contributed by atoms with Gasteiger partial charge in [0, 0.05) is 61.8 Å². The van der Waals surface area contributed by atoms with Crippen LogP contribution in [0.3, 0.4) is 0 Å². The van der Waals surface area contributed by atoms with Crippen LogP contribution < -0.4 is 4.90 Å². The lowest BCUT2D eigenvalue weighted by molar-refractivity contribution is 0.0339. The lowest BCUT2D eigenvalue weighted by atomic mass is 9.80. The van der Waals surface area contributed by atoms with Crippen molar-refractivity contribution in [2.45, 2.75) is 50.7 Å². The van der Waals surface area contributed by atoms with Crippen LogP contribution in [0.1, 0.15) is 32.6 Å². The molecular weight excluding hydrogens is 350 g/mol. The van der Waals surface area contributed by atoms with Gasteiger partial charge in [0.1, 0.15) is 11.8 Å². The number of aryl methyl sites for hydroxylation is 1. The molecule has 3 aliphatic rings. The van der Waals surface area contributed by atoms with Crippen LogP contribution in [0.2, 0.25) is 0 Å². The largest absolute Gasteiger partial charge is 0.352 e. The van der Waals surface area contributed by atoms with E-state index in [0.29, 0.717) is 12.1 Å². The molecule has 2 saturated heterocycles. The molecule has 3 aromatic rings. The summed E-state index contributed by atoms with van der Waals surface area (Å²) in [5.41, 5.74) is 3.34. The maximum Gasteiger partial charge on any atom is 0.156 e. The van der Waals surface area contributed by atoms with Crippen LogP contribution in [0, 0.1) is 5.92 Å². The first-order valence-corrected chi connectivity index (χ1v) is 10.5. The Balaban J connectivity index is 1.31. The van der Waals surface area contributed by atoms with Crippen molar-refractivity contribution in [3.05, 3.63) is 31.0 Å². The standard InChI is InChI=1S/C21H27N7/c1-14-5-19(6-14)28-17-3-4-18(28)12-26(11-17)21-20-7-15(10-27(20)24-13-22-21)16-8-23-25(2)9-16/h7-10,13-14,17-19H,3-6,11-12H2,1-2H3/t14-,17?,18?,19-. The van der Waals surface area contributed by atoms with Crippen molar-refractivity contribution >= 4 is 11.3 Å². The highest BCUT2D eigenvalue weighted by atomic mass is 15.4. The number of aromatic nitrogens is 5. The van der Waals surface area contributed by atoms with Gasteiger partial charge in [0.15, 0.2) is 5.82 Å². The second-order valence-electron chi connectivity index (χ2n) is 9.01. The molecule has 3 aromatic heterocycles. The summed E-state index contributed by atoms with van der Waals surface area (Å²) in [7, 11) is 1.95. The van der Waals surface area contributed by atoms with Crippen LogP contribution in [-0.4, -0.2) is 60.5 Å². The van der Waals surface area contributed by atoms with Gasteiger partial charge >= 0.3 is 0 Å². The third kappa shape index (κ3) is 2.49. The summed E-state index contributed by atoms with van der Waals surface area (Å²) in [4.78, 5) is 10.1. The molecule has 2 atom stereocenters. The molecule has 0 aromatic carbocycles. The SMILES string of the molecule is Cn1cc(-c2cc3c(N4CC5CCC(C4)N5[C@H]4C[C@H](C)C4)ncnn3c2)cn1. The quantitative estimate of drug-likeness (QED) is 0.702. The number of piperazine rings is 1. The van der Waals surface area contributed by atoms with E-state index in [0.717, 1.165) is 47.5 Å². The van der Waals surface area contributed by atoms with Gasteiger partial charge in [-0.05, 0) is 37.7 Å². The van der Waals surface area contributed by atoms with Crippen molar-refractivity contribution in [2.75, 3.05) is 18.0 Å². The van der Waals surface area contributed by atoms with Crippen LogP contribution in [0.5, 0.6) is 0 Å². The first kappa shape index (κ1) is 16.5. The van der Waals surface area contributed by atoms with Crippen LogP contribution in [-0.2, 0) is 7.05 Å². The van der Waals surface area contributed by atoms with Crippen LogP contribution >= 0.6 is 0 Å². The number of anilines is 1. The molecule has 146 valence electrons. The molecule has 2 unspecified atom stereocenters. The maximum atomic E-state index is 4.71. The zero-order chi connectivity index (χ0) is 18.8. The monoisotopic (exact) mass is 377 g/mol. The minimum absolute atomic E-state index is 0.680. The summed E-state index contributed by atoms with van der Waals surface area (Å²) in [6, 6.07) is 4.39. The smallest absolute Gasteiger partial charge is 0.156 e. The van der Waals surface area contributed by atoms with Crippen LogP contribution in [0.4, 0.5) is 5.82 Å². The van der Waals surface area contributed by atoms with E-state index in [-0.39, 0.29) is 0 Å². The molecule has 7 nitrogen and oxygen atoms in total. The molecule has 7 heteroatoms. The van der Waals surface area contributed by atoms with E-state index in [4.69, 9.17) is 4.98 Å². The van der Waals surface area contributed by atoms with Crippen molar-refractivity contribution in [2.24, 2.45) is 13.0 Å². The normalized spacial score (nSPS) is 30.1. The Morgan fingerprint density at radius 2 is 1.75 bits per heavy atom. The number of hydrogen-bond acceptors (Lipinski definition) is 5. The molecule has 0 spiro atoms. The van der Waals surface area contributed by atoms with Crippen molar-refractivity contribution in [3.63, 3.8) is 0 Å². The van der Waals surface area contributed by atoms with Gasteiger partial charge in [0.2, 0.25) is 0 Å². The topological polar surface area (TPSA) is 54.5 Å². The highest BCUT2D eigenvalue weighted by molar-refractivity contribution is 5.77. The Kier molecular flexibility index (Phi) is 3.57. The fraction of sp³-hybridized carbons (Fsp3) is 0.571. The molecule has 0 N–H and O–H groups in total. The van der Waals surface area contributed by atoms with Crippen LogP contribution in [0.25, 0.3) is 16.6 Å². The average Bonchev–Trinajstić information content (AvgIpc) is 3.34. The molecule has 1 aliphatic carbocycles. The molecule has 1 saturated carbocycles. The predicted molar refractivity (Wildman–Crippen MR) is 108 cm³/mol. The van der Waals surface area contributed by atoms with Gasteiger partial charge in [-0.25, -0.2) is 9.50 Å². The Hall–Kier alpha value is -2.41. The summed E-state index contributed by atoms with van der Waals surface area (Å²) in [5, 5.41) is 8.76. The number of rotatable bonds is 3. The molecular formula is C21H27N7. The van der Waals surface area contributed by atoms with Gasteiger partial charge in [-0.3, -0.25) is 9.58 Å². The zero-order valence-corrected chi connectivity index (χ0v) is 16.6. The first-order valence-electron chi connectivity index (χ1n) is 10.5. The lowest BCUT2D eigenvalue weighted by Gasteiger charge is -2.50. The van der Waals surface area contributed by atoms with Gasteiger partial charge in [-0.1, -0.05) is 6.92 Å². The van der Waals surface area contributed by atoms with Crippen molar-refractivity contribution in [1.82, 2.24) is 29.3 Å². The van der Waals surface area contributed by atoms with E-state index < -0.39 is 0 Å².